The van der Waals surface area contributed by atoms with E-state index in [9.17, 15) is 30.3 Å². The highest BCUT2D eigenvalue weighted by molar-refractivity contribution is 5.88. The zero-order valence-corrected chi connectivity index (χ0v) is 25.2. The van der Waals surface area contributed by atoms with Crippen LogP contribution in [-0.4, -0.2) is 31.5 Å². The number of carbonyl (C=O) groups is 1. The molecular formula is C38H35NO6. The van der Waals surface area contributed by atoms with E-state index >= 15 is 0 Å². The summed E-state index contributed by atoms with van der Waals surface area (Å²) in [6.07, 6.45) is 0.587. The van der Waals surface area contributed by atoms with Crippen LogP contribution in [0.2, 0.25) is 0 Å². The highest BCUT2D eigenvalue weighted by atomic mass is 16.4. The minimum atomic E-state index is -1.15. The zero-order valence-electron chi connectivity index (χ0n) is 25.2. The molecule has 0 aromatic heterocycles. The average Bonchev–Trinajstić information content (AvgIpc) is 3.00. The molecule has 45 heavy (non-hydrogen) atoms. The molecule has 5 aromatic carbocycles. The van der Waals surface area contributed by atoms with Crippen LogP contribution in [0, 0.1) is 13.8 Å². The number of phenolic OH excluding ortho intramolecular Hbond substituents is 4. The lowest BCUT2D eigenvalue weighted by molar-refractivity contribution is 0.0696. The van der Waals surface area contributed by atoms with E-state index in [0.29, 0.717) is 51.1 Å². The van der Waals surface area contributed by atoms with Gasteiger partial charge in [0.15, 0.2) is 0 Å². The quantitative estimate of drug-likeness (QED) is 0.134. The Hall–Kier alpha value is -5.27. The second kappa shape index (κ2) is 11.7. The standard InChI is InChI=1S/C38H35NO6/c1-20-7-25-13-26-8-21(2)10-28(35(26)41)15-31-17-33(38(44)45)18-32(37(31)43)16-30-12-24(23-5-3-22(19-39)4-6-23)11-29(36(30)42)14-27(9-20)34(25)40/h3-12,17-18,40-43H,13-16,19,39H2,1-2H3,(H,44,45). The fourth-order valence-electron chi connectivity index (χ4n) is 6.41. The predicted octanol–water partition coefficient (Wildman–Crippen LogP) is 6.63. The maximum atomic E-state index is 12.2. The van der Waals surface area contributed by atoms with E-state index in [2.05, 4.69) is 0 Å². The van der Waals surface area contributed by atoms with Crippen molar-refractivity contribution in [2.75, 3.05) is 0 Å². The van der Waals surface area contributed by atoms with Crippen molar-refractivity contribution in [2.45, 2.75) is 46.1 Å². The van der Waals surface area contributed by atoms with Crippen molar-refractivity contribution in [2.24, 2.45) is 5.73 Å². The Kier molecular flexibility index (Phi) is 7.73. The van der Waals surface area contributed by atoms with Crippen LogP contribution >= 0.6 is 0 Å². The van der Waals surface area contributed by atoms with E-state index in [-0.39, 0.29) is 54.2 Å². The molecule has 5 aromatic rings. The molecule has 0 aliphatic heterocycles. The zero-order chi connectivity index (χ0) is 32.0. The van der Waals surface area contributed by atoms with E-state index in [4.69, 9.17) is 5.73 Å². The van der Waals surface area contributed by atoms with Crippen molar-refractivity contribution < 1.29 is 30.3 Å². The molecule has 0 fully saturated rings. The van der Waals surface area contributed by atoms with Gasteiger partial charge in [-0.2, -0.15) is 0 Å². The van der Waals surface area contributed by atoms with Crippen LogP contribution in [0.25, 0.3) is 11.1 Å². The molecule has 0 spiro atoms. The third-order valence-corrected chi connectivity index (χ3v) is 8.65. The van der Waals surface area contributed by atoms with Crippen LogP contribution in [0.15, 0.2) is 72.8 Å². The minimum Gasteiger partial charge on any atom is -0.507 e. The lowest BCUT2D eigenvalue weighted by atomic mass is 9.88. The van der Waals surface area contributed by atoms with E-state index in [1.54, 1.807) is 0 Å². The smallest absolute Gasteiger partial charge is 0.335 e. The number of carboxylic acid groups (broad SMARTS) is 1. The summed E-state index contributed by atoms with van der Waals surface area (Å²) in [6, 6.07) is 21.8. The van der Waals surface area contributed by atoms with Gasteiger partial charge in [0, 0.05) is 32.2 Å². The molecular weight excluding hydrogens is 566 g/mol. The number of phenols is 4. The number of aromatic hydroxyl groups is 4. The first-order chi connectivity index (χ1) is 21.5. The number of carboxylic acids is 1. The molecule has 0 amide bonds. The van der Waals surface area contributed by atoms with Crippen LogP contribution in [0.1, 0.15) is 71.6 Å². The summed E-state index contributed by atoms with van der Waals surface area (Å²) < 4.78 is 0. The van der Waals surface area contributed by atoms with Gasteiger partial charge < -0.3 is 31.3 Å². The molecule has 0 heterocycles. The van der Waals surface area contributed by atoms with Gasteiger partial charge in [0.25, 0.3) is 0 Å². The molecule has 1 aliphatic carbocycles. The van der Waals surface area contributed by atoms with Gasteiger partial charge in [-0.25, -0.2) is 4.79 Å². The highest BCUT2D eigenvalue weighted by Crippen LogP contribution is 2.40. The number of nitrogens with two attached hydrogens (primary N) is 1. The number of aryl methyl sites for hydroxylation is 2. The molecule has 228 valence electrons. The van der Waals surface area contributed by atoms with Crippen molar-refractivity contribution >= 4 is 5.97 Å². The largest absolute Gasteiger partial charge is 0.507 e. The Morgan fingerprint density at radius 2 is 0.889 bits per heavy atom. The Labute approximate surface area is 261 Å². The Bertz CT molecular complexity index is 1980. The average molecular weight is 602 g/mol. The first-order valence-electron chi connectivity index (χ1n) is 14.9. The SMILES string of the molecule is Cc1cc2c(O)c(c1)Cc1cc(C(=O)O)cc(c1O)Cc1cc(-c3ccc(CN)cc3)cc(c1O)Cc1cc(C)cc(c1O)C2. The summed E-state index contributed by atoms with van der Waals surface area (Å²) in [7, 11) is 0. The van der Waals surface area contributed by atoms with Crippen LogP contribution in [-0.2, 0) is 32.2 Å². The molecule has 7 N–H and O–H groups in total. The van der Waals surface area contributed by atoms with Gasteiger partial charge >= 0.3 is 5.97 Å². The molecule has 0 unspecified atom stereocenters. The number of fused-ring (bicyclic) bond motifs is 8. The Morgan fingerprint density at radius 3 is 1.22 bits per heavy atom. The topological polar surface area (TPSA) is 144 Å². The number of rotatable bonds is 3. The third kappa shape index (κ3) is 5.82. The first-order valence-corrected chi connectivity index (χ1v) is 14.9. The fraction of sp³-hybridized carbons (Fsp3) is 0.184. The highest BCUT2D eigenvalue weighted by Gasteiger charge is 2.22. The molecule has 1 aliphatic rings. The minimum absolute atomic E-state index is 0.00472. The summed E-state index contributed by atoms with van der Waals surface area (Å²) in [5.41, 5.74) is 14.4. The summed E-state index contributed by atoms with van der Waals surface area (Å²) in [4.78, 5) is 12.2. The summed E-state index contributed by atoms with van der Waals surface area (Å²) in [5.74, 6) is -1.10. The Balaban J connectivity index is 1.62. The van der Waals surface area contributed by atoms with Gasteiger partial charge in [-0.05, 0) is 99.3 Å². The van der Waals surface area contributed by atoms with Crippen LogP contribution in [0.5, 0.6) is 23.0 Å². The molecule has 8 bridgehead atoms. The molecule has 7 heteroatoms. The van der Waals surface area contributed by atoms with Crippen molar-refractivity contribution in [3.05, 3.63) is 140 Å². The number of hydrogen-bond acceptors (Lipinski definition) is 6. The first kappa shape index (κ1) is 29.8. The number of aromatic carboxylic acids is 1. The normalized spacial score (nSPS) is 12.6. The van der Waals surface area contributed by atoms with Crippen molar-refractivity contribution in [1.29, 1.82) is 0 Å². The van der Waals surface area contributed by atoms with E-state index < -0.39 is 5.97 Å². The van der Waals surface area contributed by atoms with Gasteiger partial charge in [-0.1, -0.05) is 59.7 Å². The van der Waals surface area contributed by atoms with Crippen molar-refractivity contribution in [3.63, 3.8) is 0 Å². The molecule has 6 rings (SSSR count). The van der Waals surface area contributed by atoms with Crippen LogP contribution in [0.3, 0.4) is 0 Å². The second-order valence-corrected chi connectivity index (χ2v) is 12.1. The lowest BCUT2D eigenvalue weighted by Crippen LogP contribution is -2.05. The Morgan fingerprint density at radius 1 is 0.556 bits per heavy atom. The summed E-state index contributed by atoms with van der Waals surface area (Å²) in [5, 5.41) is 56.0. The fourth-order valence-corrected chi connectivity index (χ4v) is 6.41. The lowest BCUT2D eigenvalue weighted by Gasteiger charge is -2.19. The maximum absolute atomic E-state index is 12.2. The van der Waals surface area contributed by atoms with E-state index in [1.807, 2.05) is 74.5 Å². The van der Waals surface area contributed by atoms with Gasteiger partial charge in [-0.15, -0.1) is 0 Å². The predicted molar refractivity (Wildman–Crippen MR) is 173 cm³/mol. The molecule has 7 nitrogen and oxygen atoms in total. The molecule has 0 saturated heterocycles. The second-order valence-electron chi connectivity index (χ2n) is 12.1. The van der Waals surface area contributed by atoms with Crippen molar-refractivity contribution in [3.8, 4) is 34.1 Å². The van der Waals surface area contributed by atoms with E-state index in [1.165, 1.54) is 12.1 Å². The van der Waals surface area contributed by atoms with Gasteiger partial charge in [0.05, 0.1) is 5.56 Å². The monoisotopic (exact) mass is 601 g/mol. The molecule has 0 saturated carbocycles. The third-order valence-electron chi connectivity index (χ3n) is 8.65. The molecule has 0 radical (unpaired) electrons. The van der Waals surface area contributed by atoms with Gasteiger partial charge in [0.1, 0.15) is 23.0 Å². The van der Waals surface area contributed by atoms with Crippen LogP contribution < -0.4 is 5.73 Å². The van der Waals surface area contributed by atoms with Crippen molar-refractivity contribution in [1.82, 2.24) is 0 Å². The van der Waals surface area contributed by atoms with Crippen LogP contribution in [0.4, 0.5) is 0 Å². The summed E-state index contributed by atoms with van der Waals surface area (Å²) in [6.45, 7) is 4.26. The molecule has 0 atom stereocenters. The number of benzene rings is 5. The van der Waals surface area contributed by atoms with Gasteiger partial charge in [0.2, 0.25) is 0 Å². The van der Waals surface area contributed by atoms with Gasteiger partial charge in [-0.3, -0.25) is 0 Å². The maximum Gasteiger partial charge on any atom is 0.335 e. The summed E-state index contributed by atoms with van der Waals surface area (Å²) >= 11 is 0. The van der Waals surface area contributed by atoms with E-state index in [0.717, 1.165) is 27.8 Å². The number of hydrogen-bond donors (Lipinski definition) is 6.